The minimum Gasteiger partial charge on any atom is -0.346 e. The number of H-pyrrole nitrogens is 1. The fraction of sp³-hybridized carbons (Fsp3) is 0.231. The van der Waals surface area contributed by atoms with Gasteiger partial charge in [0.1, 0.15) is 5.82 Å². The highest BCUT2D eigenvalue weighted by Gasteiger charge is 2.11. The average Bonchev–Trinajstić information content (AvgIpc) is 2.91. The van der Waals surface area contributed by atoms with Crippen LogP contribution in [0.3, 0.4) is 0 Å². The molecule has 0 fully saturated rings. The molecule has 1 aromatic heterocycles. The van der Waals surface area contributed by atoms with Gasteiger partial charge in [-0.05, 0) is 19.1 Å². The summed E-state index contributed by atoms with van der Waals surface area (Å²) in [6, 6.07) is 7.16. The summed E-state index contributed by atoms with van der Waals surface area (Å²) in [5.74, 6) is 0.440. The predicted molar refractivity (Wildman–Crippen MR) is 77.2 cm³/mol. The molecular formula is C13H16N6O2. The molecule has 0 saturated carbocycles. The summed E-state index contributed by atoms with van der Waals surface area (Å²) in [6.45, 7) is 1.50. The van der Waals surface area contributed by atoms with Gasteiger partial charge in [-0.15, -0.1) is 0 Å². The van der Waals surface area contributed by atoms with Gasteiger partial charge in [-0.3, -0.25) is 14.7 Å². The van der Waals surface area contributed by atoms with Crippen LogP contribution in [0.2, 0.25) is 0 Å². The van der Waals surface area contributed by atoms with Crippen LogP contribution in [0.1, 0.15) is 5.82 Å². The largest absolute Gasteiger partial charge is 0.346 e. The molecule has 110 valence electrons. The predicted octanol–water partition coefficient (Wildman–Crippen LogP) is -0.206. The average molecular weight is 288 g/mol. The van der Waals surface area contributed by atoms with E-state index >= 15 is 0 Å². The molecule has 0 bridgehead atoms. The lowest BCUT2D eigenvalue weighted by molar-refractivity contribution is -0.123. The van der Waals surface area contributed by atoms with E-state index < -0.39 is 0 Å². The van der Waals surface area contributed by atoms with E-state index in [4.69, 9.17) is 5.73 Å². The van der Waals surface area contributed by atoms with E-state index in [1.165, 1.54) is 0 Å². The number of benzene rings is 1. The number of nitrogens with zero attached hydrogens (tertiary/aromatic N) is 2. The second kappa shape index (κ2) is 6.62. The van der Waals surface area contributed by atoms with Gasteiger partial charge >= 0.3 is 0 Å². The van der Waals surface area contributed by atoms with Gasteiger partial charge in [0.15, 0.2) is 5.82 Å². The molecule has 1 heterocycles. The van der Waals surface area contributed by atoms with Crippen LogP contribution in [0.5, 0.6) is 0 Å². The van der Waals surface area contributed by atoms with Crippen LogP contribution in [-0.2, 0) is 9.59 Å². The maximum Gasteiger partial charge on any atom is 0.243 e. The highest BCUT2D eigenvalue weighted by atomic mass is 16.2. The van der Waals surface area contributed by atoms with Gasteiger partial charge in [0.2, 0.25) is 11.8 Å². The summed E-state index contributed by atoms with van der Waals surface area (Å²) >= 11 is 0. The zero-order valence-corrected chi connectivity index (χ0v) is 11.5. The number of nitrogens with one attached hydrogen (secondary N) is 3. The van der Waals surface area contributed by atoms with E-state index in [1.807, 2.05) is 6.07 Å². The van der Waals surface area contributed by atoms with Crippen molar-refractivity contribution in [3.63, 3.8) is 0 Å². The first-order chi connectivity index (χ1) is 10.1. The number of rotatable bonds is 5. The Morgan fingerprint density at radius 1 is 1.29 bits per heavy atom. The third-order valence-electron chi connectivity index (χ3n) is 2.67. The Balaban J connectivity index is 2.10. The number of carbonyl (C=O) groups excluding carboxylic acids is 2. The lowest BCUT2D eigenvalue weighted by Crippen LogP contribution is -2.36. The van der Waals surface area contributed by atoms with Crippen LogP contribution in [-0.4, -0.2) is 40.1 Å². The molecule has 5 N–H and O–H groups in total. The number of carbonyl (C=O) groups is 2. The number of hydrogen-bond acceptors (Lipinski definition) is 5. The molecule has 2 aromatic rings. The lowest BCUT2D eigenvalue weighted by atomic mass is 10.1. The van der Waals surface area contributed by atoms with E-state index in [1.54, 1.807) is 25.1 Å². The number of para-hydroxylation sites is 1. The van der Waals surface area contributed by atoms with Crippen molar-refractivity contribution in [1.29, 1.82) is 0 Å². The minimum atomic E-state index is -0.386. The molecule has 1 aromatic carbocycles. The van der Waals surface area contributed by atoms with Gasteiger partial charge in [-0.1, -0.05) is 12.1 Å². The van der Waals surface area contributed by atoms with Gasteiger partial charge in [-0.2, -0.15) is 5.10 Å². The molecular weight excluding hydrogens is 272 g/mol. The number of aryl methyl sites for hydroxylation is 1. The summed E-state index contributed by atoms with van der Waals surface area (Å²) in [5.41, 5.74) is 6.42. The van der Waals surface area contributed by atoms with Crippen molar-refractivity contribution in [2.45, 2.75) is 6.92 Å². The van der Waals surface area contributed by atoms with Crippen molar-refractivity contribution in [1.82, 2.24) is 20.5 Å². The number of aromatic amines is 1. The Morgan fingerprint density at radius 3 is 2.71 bits per heavy atom. The van der Waals surface area contributed by atoms with Crippen molar-refractivity contribution in [3.8, 4) is 11.4 Å². The molecule has 2 rings (SSSR count). The van der Waals surface area contributed by atoms with Crippen LogP contribution in [0.4, 0.5) is 5.69 Å². The van der Waals surface area contributed by atoms with Gasteiger partial charge < -0.3 is 16.4 Å². The normalized spacial score (nSPS) is 10.2. The van der Waals surface area contributed by atoms with Crippen molar-refractivity contribution in [2.24, 2.45) is 5.73 Å². The van der Waals surface area contributed by atoms with E-state index in [2.05, 4.69) is 25.8 Å². The Kier molecular flexibility index (Phi) is 4.62. The first-order valence-corrected chi connectivity index (χ1v) is 6.35. The lowest BCUT2D eigenvalue weighted by Gasteiger charge is -2.09. The van der Waals surface area contributed by atoms with Gasteiger partial charge in [-0.25, -0.2) is 4.98 Å². The quantitative estimate of drug-likeness (QED) is 0.606. The summed E-state index contributed by atoms with van der Waals surface area (Å²) in [6.07, 6.45) is 0. The monoisotopic (exact) mass is 288 g/mol. The Hall–Kier alpha value is -2.74. The van der Waals surface area contributed by atoms with Gasteiger partial charge in [0.05, 0.1) is 18.8 Å². The topological polar surface area (TPSA) is 126 Å². The summed E-state index contributed by atoms with van der Waals surface area (Å²) in [5, 5.41) is 11.9. The zero-order chi connectivity index (χ0) is 15.2. The fourth-order valence-electron chi connectivity index (χ4n) is 1.70. The zero-order valence-electron chi connectivity index (χ0n) is 11.5. The molecule has 0 spiro atoms. The highest BCUT2D eigenvalue weighted by molar-refractivity contribution is 5.97. The van der Waals surface area contributed by atoms with Crippen LogP contribution in [0.25, 0.3) is 11.4 Å². The molecule has 21 heavy (non-hydrogen) atoms. The SMILES string of the molecule is Cc1nc(-c2ccccc2NC(=O)CNC(=O)CN)n[nH]1. The standard InChI is InChI=1S/C13H16N6O2/c1-8-16-13(19-18-8)9-4-2-3-5-10(9)17-12(21)7-15-11(20)6-14/h2-5H,6-7,14H2,1H3,(H,15,20)(H,17,21)(H,16,18,19). The molecule has 0 saturated heterocycles. The van der Waals surface area contributed by atoms with Crippen LogP contribution in [0, 0.1) is 6.92 Å². The fourth-order valence-corrected chi connectivity index (χ4v) is 1.70. The molecule has 2 amide bonds. The Bertz CT molecular complexity index is 652. The highest BCUT2D eigenvalue weighted by Crippen LogP contribution is 2.24. The van der Waals surface area contributed by atoms with Crippen LogP contribution in [0.15, 0.2) is 24.3 Å². The maximum absolute atomic E-state index is 11.8. The van der Waals surface area contributed by atoms with E-state index in [9.17, 15) is 9.59 Å². The van der Waals surface area contributed by atoms with Crippen LogP contribution < -0.4 is 16.4 Å². The smallest absolute Gasteiger partial charge is 0.243 e. The molecule has 0 aliphatic heterocycles. The second-order valence-corrected chi connectivity index (χ2v) is 4.32. The molecule has 0 unspecified atom stereocenters. The molecule has 8 nitrogen and oxygen atoms in total. The molecule has 0 aliphatic carbocycles. The van der Waals surface area contributed by atoms with E-state index in [-0.39, 0.29) is 24.9 Å². The summed E-state index contributed by atoms with van der Waals surface area (Å²) in [7, 11) is 0. The molecule has 0 atom stereocenters. The number of nitrogens with two attached hydrogens (primary N) is 1. The Labute approximate surface area is 121 Å². The van der Waals surface area contributed by atoms with Crippen molar-refractivity contribution >= 4 is 17.5 Å². The van der Waals surface area contributed by atoms with Gasteiger partial charge in [0, 0.05) is 5.56 Å². The van der Waals surface area contributed by atoms with E-state index in [0.717, 1.165) is 0 Å². The minimum absolute atomic E-state index is 0.141. The maximum atomic E-state index is 11.8. The van der Waals surface area contributed by atoms with Crippen molar-refractivity contribution < 1.29 is 9.59 Å². The molecule has 8 heteroatoms. The number of aromatic nitrogens is 3. The molecule has 0 aliphatic rings. The third-order valence-corrected chi connectivity index (χ3v) is 2.67. The summed E-state index contributed by atoms with van der Waals surface area (Å²) < 4.78 is 0. The van der Waals surface area contributed by atoms with Crippen molar-refractivity contribution in [3.05, 3.63) is 30.1 Å². The first-order valence-electron chi connectivity index (χ1n) is 6.35. The van der Waals surface area contributed by atoms with E-state index in [0.29, 0.717) is 22.9 Å². The van der Waals surface area contributed by atoms with Gasteiger partial charge in [0.25, 0.3) is 0 Å². The summed E-state index contributed by atoms with van der Waals surface area (Å²) in [4.78, 5) is 27.1. The second-order valence-electron chi connectivity index (χ2n) is 4.32. The number of hydrogen-bond donors (Lipinski definition) is 4. The first kappa shape index (κ1) is 14.7. The van der Waals surface area contributed by atoms with Crippen molar-refractivity contribution in [2.75, 3.05) is 18.4 Å². The number of amides is 2. The van der Waals surface area contributed by atoms with Crippen LogP contribution >= 0.6 is 0 Å². The molecule has 0 radical (unpaired) electrons. The Morgan fingerprint density at radius 2 is 2.05 bits per heavy atom. The third kappa shape index (κ3) is 3.86. The number of anilines is 1.